The number of rotatable bonds is 4. The van der Waals surface area contributed by atoms with E-state index in [0.717, 1.165) is 45.4 Å². The van der Waals surface area contributed by atoms with Crippen LogP contribution in [-0.2, 0) is 0 Å². The summed E-state index contributed by atoms with van der Waals surface area (Å²) in [5.74, 6) is 0.488. The van der Waals surface area contributed by atoms with Crippen LogP contribution in [0.2, 0.25) is 0 Å². The van der Waals surface area contributed by atoms with Gasteiger partial charge in [-0.3, -0.25) is 0 Å². The zero-order valence-electron chi connectivity index (χ0n) is 16.5. The second kappa shape index (κ2) is 7.11. The first-order chi connectivity index (χ1) is 14.6. The Hall–Kier alpha value is -4.00. The van der Waals surface area contributed by atoms with Crippen LogP contribution in [0.1, 0.15) is 11.4 Å². The molecule has 3 heterocycles. The van der Waals surface area contributed by atoms with Crippen molar-refractivity contribution in [3.8, 4) is 16.9 Å². The van der Waals surface area contributed by atoms with Crippen LogP contribution in [0.15, 0.2) is 73.3 Å². The lowest BCUT2D eigenvalue weighted by atomic mass is 10.1. The van der Waals surface area contributed by atoms with Crippen molar-refractivity contribution < 1.29 is 4.39 Å². The smallest absolute Gasteiger partial charge is 0.161 e. The fraction of sp³-hybridized carbons (Fsp3) is 0.0870. The molecular weight excluding hydrogens is 379 g/mol. The zero-order chi connectivity index (χ0) is 20.7. The fourth-order valence-electron chi connectivity index (χ4n) is 3.48. The topological polar surface area (TPSA) is 60.0 Å². The van der Waals surface area contributed by atoms with E-state index in [0.29, 0.717) is 0 Å². The second-order valence-electron chi connectivity index (χ2n) is 7.15. The molecule has 0 aliphatic carbocycles. The molecule has 0 aliphatic heterocycles. The number of aromatic nitrogens is 5. The van der Waals surface area contributed by atoms with E-state index in [9.17, 15) is 4.39 Å². The number of nitrogens with zero attached hydrogens (tertiary/aromatic N) is 5. The lowest BCUT2D eigenvalue weighted by Gasteiger charge is -2.08. The van der Waals surface area contributed by atoms with Gasteiger partial charge in [0.05, 0.1) is 17.1 Å². The maximum absolute atomic E-state index is 13.5. The third-order valence-corrected chi connectivity index (χ3v) is 4.96. The summed E-state index contributed by atoms with van der Waals surface area (Å²) in [4.78, 5) is 8.95. The highest BCUT2D eigenvalue weighted by molar-refractivity contribution is 5.77. The van der Waals surface area contributed by atoms with Crippen LogP contribution in [0.5, 0.6) is 0 Å². The first-order valence-electron chi connectivity index (χ1n) is 9.57. The van der Waals surface area contributed by atoms with Crippen LogP contribution < -0.4 is 5.32 Å². The Balaban J connectivity index is 1.47. The molecular formula is C23H19FN6. The van der Waals surface area contributed by atoms with Crippen molar-refractivity contribution >= 4 is 17.0 Å². The van der Waals surface area contributed by atoms with Gasteiger partial charge in [0.25, 0.3) is 0 Å². The summed E-state index contributed by atoms with van der Waals surface area (Å²) < 4.78 is 17.2. The summed E-state index contributed by atoms with van der Waals surface area (Å²) in [5, 5.41) is 7.76. The number of pyridine rings is 1. The molecule has 0 bridgehead atoms. The minimum atomic E-state index is -0.244. The third-order valence-electron chi connectivity index (χ3n) is 4.96. The Kier molecular flexibility index (Phi) is 4.28. The number of aryl methyl sites for hydroxylation is 2. The molecule has 0 fully saturated rings. The SMILES string of the molecule is Cc1ncn(-c2ccc(Nc3cccn4cc(-c5ccc(F)cc5C)nc34)cc2)n1. The quantitative estimate of drug-likeness (QED) is 0.459. The van der Waals surface area contributed by atoms with Gasteiger partial charge in [0.1, 0.15) is 18.0 Å². The monoisotopic (exact) mass is 398 g/mol. The minimum Gasteiger partial charge on any atom is -0.352 e. The number of anilines is 2. The normalized spacial score (nSPS) is 11.2. The Morgan fingerprint density at radius 3 is 2.57 bits per heavy atom. The number of hydrogen-bond donors (Lipinski definition) is 1. The molecule has 7 heteroatoms. The number of halogens is 1. The van der Waals surface area contributed by atoms with Crippen molar-refractivity contribution in [2.24, 2.45) is 0 Å². The van der Waals surface area contributed by atoms with Crippen molar-refractivity contribution in [1.82, 2.24) is 24.1 Å². The predicted octanol–water partition coefficient (Wildman–Crippen LogP) is 5.08. The van der Waals surface area contributed by atoms with Gasteiger partial charge in [-0.1, -0.05) is 0 Å². The number of hydrogen-bond acceptors (Lipinski definition) is 4. The van der Waals surface area contributed by atoms with Crippen LogP contribution in [-0.4, -0.2) is 24.1 Å². The molecule has 3 aromatic heterocycles. The molecule has 30 heavy (non-hydrogen) atoms. The van der Waals surface area contributed by atoms with Gasteiger partial charge in [-0.25, -0.2) is 19.0 Å². The zero-order valence-corrected chi connectivity index (χ0v) is 16.5. The van der Waals surface area contributed by atoms with E-state index in [-0.39, 0.29) is 5.82 Å². The molecule has 0 saturated carbocycles. The van der Waals surface area contributed by atoms with Gasteiger partial charge >= 0.3 is 0 Å². The summed E-state index contributed by atoms with van der Waals surface area (Å²) in [5.41, 5.74) is 6.13. The molecule has 0 saturated heterocycles. The minimum absolute atomic E-state index is 0.244. The Labute approximate surface area is 172 Å². The summed E-state index contributed by atoms with van der Waals surface area (Å²) in [6.45, 7) is 3.75. The van der Waals surface area contributed by atoms with Crippen molar-refractivity contribution in [2.75, 3.05) is 5.32 Å². The van der Waals surface area contributed by atoms with Crippen LogP contribution in [0.3, 0.4) is 0 Å². The molecule has 5 rings (SSSR count). The Bertz CT molecular complexity index is 1350. The van der Waals surface area contributed by atoms with Crippen LogP contribution in [0.4, 0.5) is 15.8 Å². The standard InChI is InChI=1S/C23H19FN6/c1-15-12-17(24)5-10-20(15)22-13-29-11-3-4-21(23(29)27-22)26-18-6-8-19(9-7-18)30-14-25-16(2)28-30/h3-14,26H,1-2H3. The molecule has 0 amide bonds. The molecule has 1 N–H and O–H groups in total. The lowest BCUT2D eigenvalue weighted by molar-refractivity contribution is 0.627. The third kappa shape index (κ3) is 3.30. The number of benzene rings is 2. The average molecular weight is 398 g/mol. The molecule has 148 valence electrons. The maximum Gasteiger partial charge on any atom is 0.161 e. The highest BCUT2D eigenvalue weighted by Crippen LogP contribution is 2.28. The number of imidazole rings is 1. The first kappa shape index (κ1) is 18.1. The van der Waals surface area contributed by atoms with Crippen molar-refractivity contribution in [3.63, 3.8) is 0 Å². The van der Waals surface area contributed by atoms with Crippen molar-refractivity contribution in [2.45, 2.75) is 13.8 Å². The molecule has 6 nitrogen and oxygen atoms in total. The van der Waals surface area contributed by atoms with Gasteiger partial charge in [0.15, 0.2) is 5.65 Å². The Morgan fingerprint density at radius 1 is 1.00 bits per heavy atom. The largest absolute Gasteiger partial charge is 0.352 e. The number of nitrogens with one attached hydrogen (secondary N) is 1. The van der Waals surface area contributed by atoms with E-state index in [1.165, 1.54) is 12.1 Å². The van der Waals surface area contributed by atoms with E-state index in [4.69, 9.17) is 4.98 Å². The molecule has 0 unspecified atom stereocenters. The highest BCUT2D eigenvalue weighted by atomic mass is 19.1. The highest BCUT2D eigenvalue weighted by Gasteiger charge is 2.11. The van der Waals surface area contributed by atoms with Gasteiger partial charge in [-0.15, -0.1) is 0 Å². The van der Waals surface area contributed by atoms with Gasteiger partial charge in [-0.05, 0) is 74.0 Å². The molecule has 5 aromatic rings. The van der Waals surface area contributed by atoms with E-state index >= 15 is 0 Å². The summed E-state index contributed by atoms with van der Waals surface area (Å²) >= 11 is 0. The van der Waals surface area contributed by atoms with Crippen LogP contribution >= 0.6 is 0 Å². The Morgan fingerprint density at radius 2 is 1.83 bits per heavy atom. The molecule has 0 spiro atoms. The average Bonchev–Trinajstić information content (AvgIpc) is 3.35. The summed E-state index contributed by atoms with van der Waals surface area (Å²) in [7, 11) is 0. The van der Waals surface area contributed by atoms with E-state index in [2.05, 4.69) is 15.4 Å². The van der Waals surface area contributed by atoms with Crippen LogP contribution in [0, 0.1) is 19.7 Å². The van der Waals surface area contributed by atoms with Gasteiger partial charge in [-0.2, -0.15) is 5.10 Å². The molecule has 0 radical (unpaired) electrons. The number of fused-ring (bicyclic) bond motifs is 1. The van der Waals surface area contributed by atoms with Gasteiger partial charge < -0.3 is 9.72 Å². The van der Waals surface area contributed by atoms with Gasteiger partial charge in [0, 0.05) is 23.6 Å². The van der Waals surface area contributed by atoms with E-state index < -0.39 is 0 Å². The predicted molar refractivity (Wildman–Crippen MR) is 115 cm³/mol. The van der Waals surface area contributed by atoms with Crippen molar-refractivity contribution in [1.29, 1.82) is 0 Å². The van der Waals surface area contributed by atoms with E-state index in [1.54, 1.807) is 17.1 Å². The lowest BCUT2D eigenvalue weighted by Crippen LogP contribution is -1.97. The summed E-state index contributed by atoms with van der Waals surface area (Å²) in [6, 6.07) is 16.6. The van der Waals surface area contributed by atoms with Crippen LogP contribution in [0.25, 0.3) is 22.6 Å². The second-order valence-corrected chi connectivity index (χ2v) is 7.15. The van der Waals surface area contributed by atoms with E-state index in [1.807, 2.05) is 67.0 Å². The molecule has 2 aromatic carbocycles. The first-order valence-corrected chi connectivity index (χ1v) is 9.57. The van der Waals surface area contributed by atoms with Gasteiger partial charge in [0.2, 0.25) is 0 Å². The maximum atomic E-state index is 13.5. The van der Waals surface area contributed by atoms with Crippen molar-refractivity contribution in [3.05, 3.63) is 90.5 Å². The molecule has 0 aliphatic rings. The summed E-state index contributed by atoms with van der Waals surface area (Å²) in [6.07, 6.45) is 5.60. The fourth-order valence-corrected chi connectivity index (χ4v) is 3.48. The molecule has 0 atom stereocenters.